The van der Waals surface area contributed by atoms with Gasteiger partial charge in [0.2, 0.25) is 0 Å². The quantitative estimate of drug-likeness (QED) is 0.555. The molecule has 0 atom stereocenters. The van der Waals surface area contributed by atoms with Crippen molar-refractivity contribution >= 4 is 5.96 Å². The Morgan fingerprint density at radius 1 is 1.12 bits per heavy atom. The van der Waals surface area contributed by atoms with Crippen LogP contribution in [0, 0.1) is 5.82 Å². The fourth-order valence-electron chi connectivity index (χ4n) is 2.43. The van der Waals surface area contributed by atoms with Gasteiger partial charge in [0.25, 0.3) is 0 Å². The maximum atomic E-state index is 13.5. The van der Waals surface area contributed by atoms with Crippen molar-refractivity contribution < 1.29 is 9.50 Å². The zero-order chi connectivity index (χ0) is 18.3. The van der Waals surface area contributed by atoms with E-state index < -0.39 is 0 Å². The van der Waals surface area contributed by atoms with Crippen molar-refractivity contribution in [3.8, 4) is 5.75 Å². The molecule has 0 heterocycles. The molecule has 0 fully saturated rings. The van der Waals surface area contributed by atoms with E-state index in [4.69, 9.17) is 0 Å². The van der Waals surface area contributed by atoms with Gasteiger partial charge in [-0.15, -0.1) is 0 Å². The first kappa shape index (κ1) is 18.8. The van der Waals surface area contributed by atoms with E-state index >= 15 is 0 Å². The molecule has 3 N–H and O–H groups in total. The number of hydrogen-bond acceptors (Lipinski definition) is 2. The summed E-state index contributed by atoms with van der Waals surface area (Å²) in [6.07, 6.45) is 0. The van der Waals surface area contributed by atoms with Gasteiger partial charge < -0.3 is 15.7 Å². The molecule has 0 bridgehead atoms. The molecule has 2 aromatic rings. The summed E-state index contributed by atoms with van der Waals surface area (Å²) in [4.78, 5) is 4.57. The molecule has 0 spiro atoms. The molecular weight excluding hydrogens is 317 g/mol. The van der Waals surface area contributed by atoms with Crippen molar-refractivity contribution in [3.05, 3.63) is 65.5 Å². The molecule has 0 unspecified atom stereocenters. The number of halogens is 1. The molecule has 0 aliphatic rings. The van der Waals surface area contributed by atoms with Crippen molar-refractivity contribution in [1.29, 1.82) is 0 Å². The molecule has 0 aliphatic heterocycles. The average Bonchev–Trinajstić information content (AvgIpc) is 2.59. The Bertz CT molecular complexity index is 711. The number of nitrogens with zero attached hydrogens (tertiary/aromatic N) is 1. The summed E-state index contributed by atoms with van der Waals surface area (Å²) in [7, 11) is 0. The molecule has 134 valence electrons. The third-order valence-electron chi connectivity index (χ3n) is 4.00. The second-order valence-electron chi connectivity index (χ2n) is 6.61. The van der Waals surface area contributed by atoms with Gasteiger partial charge in [0.15, 0.2) is 5.96 Å². The molecule has 0 amide bonds. The van der Waals surface area contributed by atoms with E-state index in [9.17, 15) is 9.50 Å². The molecule has 0 radical (unpaired) electrons. The van der Waals surface area contributed by atoms with Crippen LogP contribution in [-0.2, 0) is 12.0 Å². The summed E-state index contributed by atoms with van der Waals surface area (Å²) >= 11 is 0. The molecule has 0 saturated carbocycles. The van der Waals surface area contributed by atoms with E-state index in [1.165, 1.54) is 6.07 Å². The van der Waals surface area contributed by atoms with Gasteiger partial charge in [0, 0.05) is 18.5 Å². The predicted octanol–water partition coefficient (Wildman–Crippen LogP) is 3.56. The summed E-state index contributed by atoms with van der Waals surface area (Å²) in [5.41, 5.74) is 1.71. The smallest absolute Gasteiger partial charge is 0.191 e. The molecule has 2 rings (SSSR count). The first-order valence-electron chi connectivity index (χ1n) is 8.47. The second-order valence-corrected chi connectivity index (χ2v) is 6.61. The van der Waals surface area contributed by atoms with Gasteiger partial charge >= 0.3 is 0 Å². The Labute approximate surface area is 148 Å². The van der Waals surface area contributed by atoms with E-state index in [2.05, 4.69) is 29.5 Å². The van der Waals surface area contributed by atoms with Crippen LogP contribution >= 0.6 is 0 Å². The zero-order valence-corrected chi connectivity index (χ0v) is 15.0. The number of guanidine groups is 1. The van der Waals surface area contributed by atoms with Crippen molar-refractivity contribution in [2.24, 2.45) is 4.99 Å². The monoisotopic (exact) mass is 343 g/mol. The molecular formula is C20H26FN3O. The third kappa shape index (κ3) is 5.78. The fourth-order valence-corrected chi connectivity index (χ4v) is 2.43. The molecule has 5 heteroatoms. The highest BCUT2D eigenvalue weighted by Crippen LogP contribution is 2.22. The number of hydrogen-bond donors (Lipinski definition) is 3. The number of nitrogens with one attached hydrogen (secondary N) is 2. The van der Waals surface area contributed by atoms with Crippen molar-refractivity contribution in [2.75, 3.05) is 13.1 Å². The maximum absolute atomic E-state index is 13.5. The Hall–Kier alpha value is -2.56. The highest BCUT2D eigenvalue weighted by molar-refractivity contribution is 5.79. The van der Waals surface area contributed by atoms with Crippen LogP contribution in [0.2, 0.25) is 0 Å². The number of phenolic OH excluding ortho intramolecular Hbond substituents is 1. The van der Waals surface area contributed by atoms with Crippen LogP contribution in [0.3, 0.4) is 0 Å². The number of phenols is 1. The van der Waals surface area contributed by atoms with Crippen LogP contribution in [0.4, 0.5) is 4.39 Å². The standard InChI is InChI=1S/C20H26FN3O/c1-4-22-19(23-13-15-8-10-18(25)11-9-15)24-14-20(2,3)16-6-5-7-17(21)12-16/h5-12,25H,4,13-14H2,1-3H3,(H2,22,23,24). The lowest BCUT2D eigenvalue weighted by Crippen LogP contribution is -2.43. The van der Waals surface area contributed by atoms with Gasteiger partial charge in [-0.05, 0) is 42.3 Å². The summed E-state index contributed by atoms with van der Waals surface area (Å²) in [5, 5.41) is 15.9. The molecule has 4 nitrogen and oxygen atoms in total. The summed E-state index contributed by atoms with van der Waals surface area (Å²) in [5.74, 6) is 0.730. The third-order valence-corrected chi connectivity index (χ3v) is 4.00. The normalized spacial score (nSPS) is 12.1. The molecule has 0 aromatic heterocycles. The fraction of sp³-hybridized carbons (Fsp3) is 0.350. The van der Waals surface area contributed by atoms with Crippen LogP contribution in [0.5, 0.6) is 5.75 Å². The Morgan fingerprint density at radius 2 is 1.84 bits per heavy atom. The van der Waals surface area contributed by atoms with E-state index in [0.29, 0.717) is 19.0 Å². The van der Waals surface area contributed by atoms with Gasteiger partial charge in [-0.3, -0.25) is 0 Å². The van der Waals surface area contributed by atoms with E-state index in [1.54, 1.807) is 24.3 Å². The van der Waals surface area contributed by atoms with Crippen molar-refractivity contribution in [1.82, 2.24) is 10.6 Å². The summed E-state index contributed by atoms with van der Waals surface area (Å²) < 4.78 is 13.5. The van der Waals surface area contributed by atoms with Gasteiger partial charge in [-0.1, -0.05) is 38.1 Å². The Morgan fingerprint density at radius 3 is 2.48 bits per heavy atom. The molecule has 0 saturated heterocycles. The van der Waals surface area contributed by atoms with Crippen LogP contribution in [-0.4, -0.2) is 24.2 Å². The van der Waals surface area contributed by atoms with Crippen LogP contribution in [0.25, 0.3) is 0 Å². The van der Waals surface area contributed by atoms with Crippen molar-refractivity contribution in [3.63, 3.8) is 0 Å². The first-order chi connectivity index (χ1) is 11.9. The topological polar surface area (TPSA) is 56.7 Å². The van der Waals surface area contributed by atoms with Crippen molar-refractivity contribution in [2.45, 2.75) is 32.7 Å². The largest absolute Gasteiger partial charge is 0.508 e. The number of aromatic hydroxyl groups is 1. The SMILES string of the molecule is CCNC(=NCc1ccc(O)cc1)NCC(C)(C)c1cccc(F)c1. The second kappa shape index (κ2) is 8.51. The minimum absolute atomic E-state index is 0.224. The zero-order valence-electron chi connectivity index (χ0n) is 15.0. The van der Waals surface area contributed by atoms with Gasteiger partial charge in [-0.2, -0.15) is 0 Å². The van der Waals surface area contributed by atoms with Crippen LogP contribution in [0.1, 0.15) is 31.9 Å². The van der Waals surface area contributed by atoms with E-state index in [-0.39, 0.29) is 17.0 Å². The predicted molar refractivity (Wildman–Crippen MR) is 100 cm³/mol. The summed E-state index contributed by atoms with van der Waals surface area (Å²) in [6.45, 7) is 8.03. The number of rotatable bonds is 6. The minimum Gasteiger partial charge on any atom is -0.508 e. The average molecular weight is 343 g/mol. The molecule has 0 aliphatic carbocycles. The maximum Gasteiger partial charge on any atom is 0.191 e. The van der Waals surface area contributed by atoms with E-state index in [0.717, 1.165) is 17.7 Å². The van der Waals surface area contributed by atoms with Gasteiger partial charge in [0.1, 0.15) is 11.6 Å². The Kier molecular flexibility index (Phi) is 6.39. The lowest BCUT2D eigenvalue weighted by Gasteiger charge is -2.27. The van der Waals surface area contributed by atoms with Gasteiger partial charge in [0.05, 0.1) is 6.54 Å². The van der Waals surface area contributed by atoms with Crippen LogP contribution in [0.15, 0.2) is 53.5 Å². The minimum atomic E-state index is -0.239. The molecule has 2 aromatic carbocycles. The lowest BCUT2D eigenvalue weighted by molar-refractivity contribution is 0.475. The van der Waals surface area contributed by atoms with Gasteiger partial charge in [-0.25, -0.2) is 9.38 Å². The highest BCUT2D eigenvalue weighted by Gasteiger charge is 2.21. The number of benzene rings is 2. The number of aliphatic imine (C=N–C) groups is 1. The van der Waals surface area contributed by atoms with E-state index in [1.807, 2.05) is 25.1 Å². The van der Waals surface area contributed by atoms with Crippen LogP contribution < -0.4 is 10.6 Å². The molecule has 25 heavy (non-hydrogen) atoms. The first-order valence-corrected chi connectivity index (χ1v) is 8.47. The summed E-state index contributed by atoms with van der Waals surface area (Å²) in [6, 6.07) is 13.7. The highest BCUT2D eigenvalue weighted by atomic mass is 19.1. The lowest BCUT2D eigenvalue weighted by atomic mass is 9.84. The Balaban J connectivity index is 2.02.